The van der Waals surface area contributed by atoms with Crippen LogP contribution in [0.3, 0.4) is 0 Å². The van der Waals surface area contributed by atoms with E-state index in [4.69, 9.17) is 9.47 Å². The van der Waals surface area contributed by atoms with Gasteiger partial charge in [-0.2, -0.15) is 0 Å². The Morgan fingerprint density at radius 3 is 2.23 bits per heavy atom. The van der Waals surface area contributed by atoms with Crippen molar-refractivity contribution in [3.05, 3.63) is 47.5 Å². The third-order valence-electron chi connectivity index (χ3n) is 3.22. The quantitative estimate of drug-likeness (QED) is 0.919. The van der Waals surface area contributed by atoms with E-state index in [1.54, 1.807) is 43.3 Å². The molecule has 0 saturated heterocycles. The number of hydrogen-bond acceptors (Lipinski definition) is 4. The predicted molar refractivity (Wildman–Crippen MR) is 86.3 cm³/mol. The van der Waals surface area contributed by atoms with Crippen LogP contribution in [0.25, 0.3) is 0 Å². The van der Waals surface area contributed by atoms with Crippen LogP contribution in [0.4, 0.5) is 5.69 Å². The highest BCUT2D eigenvalue weighted by molar-refractivity contribution is 7.92. The van der Waals surface area contributed by atoms with Gasteiger partial charge in [-0.05, 0) is 43.2 Å². The summed E-state index contributed by atoms with van der Waals surface area (Å²) in [6, 6.07) is 10.3. The van der Waals surface area contributed by atoms with Gasteiger partial charge in [0.2, 0.25) is 0 Å². The Morgan fingerprint density at radius 2 is 1.59 bits per heavy atom. The molecule has 0 aliphatic carbocycles. The number of sulfonamides is 1. The molecular weight excluding hydrogens is 302 g/mol. The minimum absolute atomic E-state index is 0.131. The first-order valence-corrected chi connectivity index (χ1v) is 8.18. The number of rotatable bonds is 5. The number of nitrogens with one attached hydrogen (secondary N) is 1. The molecule has 0 fully saturated rings. The number of anilines is 1. The van der Waals surface area contributed by atoms with Crippen LogP contribution in [0.5, 0.6) is 11.5 Å². The topological polar surface area (TPSA) is 64.6 Å². The normalized spacial score (nSPS) is 11.1. The highest BCUT2D eigenvalue weighted by Gasteiger charge is 2.23. The van der Waals surface area contributed by atoms with Crippen LogP contribution < -0.4 is 14.2 Å². The van der Waals surface area contributed by atoms with Crippen molar-refractivity contribution in [1.82, 2.24) is 0 Å². The molecule has 0 radical (unpaired) electrons. The van der Waals surface area contributed by atoms with E-state index in [0.29, 0.717) is 22.7 Å². The van der Waals surface area contributed by atoms with Gasteiger partial charge in [-0.3, -0.25) is 4.72 Å². The van der Waals surface area contributed by atoms with Crippen molar-refractivity contribution in [2.24, 2.45) is 0 Å². The van der Waals surface area contributed by atoms with Gasteiger partial charge in [0.05, 0.1) is 19.9 Å². The molecule has 22 heavy (non-hydrogen) atoms. The second-order valence-corrected chi connectivity index (χ2v) is 6.54. The molecule has 0 heterocycles. The number of methoxy groups -OCH3 is 2. The summed E-state index contributed by atoms with van der Waals surface area (Å²) < 4.78 is 38.4. The Bertz CT molecular complexity index is 785. The smallest absolute Gasteiger partial charge is 0.265 e. The van der Waals surface area contributed by atoms with E-state index in [9.17, 15) is 8.42 Å². The molecule has 2 rings (SSSR count). The second-order valence-electron chi connectivity index (χ2n) is 4.92. The van der Waals surface area contributed by atoms with Crippen molar-refractivity contribution < 1.29 is 17.9 Å². The summed E-state index contributed by atoms with van der Waals surface area (Å²) >= 11 is 0. The maximum Gasteiger partial charge on any atom is 0.265 e. The monoisotopic (exact) mass is 321 g/mol. The molecule has 5 nitrogen and oxygen atoms in total. The Morgan fingerprint density at radius 1 is 0.955 bits per heavy atom. The number of ether oxygens (including phenoxy) is 2. The molecule has 0 saturated carbocycles. The Balaban J connectivity index is 2.52. The van der Waals surface area contributed by atoms with E-state index in [1.807, 2.05) is 6.92 Å². The van der Waals surface area contributed by atoms with E-state index < -0.39 is 10.0 Å². The minimum atomic E-state index is -3.79. The van der Waals surface area contributed by atoms with Gasteiger partial charge in [-0.1, -0.05) is 18.2 Å². The number of aryl methyl sites for hydroxylation is 2. The average Bonchev–Trinajstić information content (AvgIpc) is 2.46. The lowest BCUT2D eigenvalue weighted by atomic mass is 10.1. The lowest BCUT2D eigenvalue weighted by Crippen LogP contribution is -2.16. The Kier molecular flexibility index (Phi) is 4.61. The molecule has 0 unspecified atom stereocenters. The van der Waals surface area contributed by atoms with Crippen LogP contribution in [0.15, 0.2) is 41.3 Å². The standard InChI is InChI=1S/C16H19NO4S/c1-11-9-12(2)16(15(10-11)21-4)22(18,19)17-13-7-5-6-8-14(13)20-3/h5-10,17H,1-4H3. The summed E-state index contributed by atoms with van der Waals surface area (Å²) in [5, 5.41) is 0. The molecule has 118 valence electrons. The van der Waals surface area contributed by atoms with E-state index in [2.05, 4.69) is 4.72 Å². The van der Waals surface area contributed by atoms with E-state index in [-0.39, 0.29) is 4.90 Å². The number of hydrogen-bond donors (Lipinski definition) is 1. The van der Waals surface area contributed by atoms with Gasteiger partial charge in [-0.15, -0.1) is 0 Å². The third kappa shape index (κ3) is 3.17. The lowest BCUT2D eigenvalue weighted by Gasteiger charge is -2.16. The molecular formula is C16H19NO4S. The molecule has 0 aromatic heterocycles. The first kappa shape index (κ1) is 16.2. The first-order valence-electron chi connectivity index (χ1n) is 6.70. The fourth-order valence-electron chi connectivity index (χ4n) is 2.34. The molecule has 2 aromatic carbocycles. The largest absolute Gasteiger partial charge is 0.495 e. The maximum absolute atomic E-state index is 12.7. The van der Waals surface area contributed by atoms with Crippen molar-refractivity contribution >= 4 is 15.7 Å². The van der Waals surface area contributed by atoms with Crippen molar-refractivity contribution in [2.45, 2.75) is 18.7 Å². The zero-order chi connectivity index (χ0) is 16.3. The van der Waals surface area contributed by atoms with Crippen LogP contribution in [-0.2, 0) is 10.0 Å². The van der Waals surface area contributed by atoms with Gasteiger partial charge in [-0.25, -0.2) is 8.42 Å². The third-order valence-corrected chi connectivity index (χ3v) is 4.77. The second kappa shape index (κ2) is 6.27. The molecule has 2 aromatic rings. The molecule has 0 bridgehead atoms. The molecule has 0 amide bonds. The van der Waals surface area contributed by atoms with Crippen molar-refractivity contribution in [2.75, 3.05) is 18.9 Å². The molecule has 0 atom stereocenters. The summed E-state index contributed by atoms with van der Waals surface area (Å²) in [5.41, 5.74) is 1.94. The zero-order valence-corrected chi connectivity index (χ0v) is 13.8. The van der Waals surface area contributed by atoms with Gasteiger partial charge in [0.1, 0.15) is 16.4 Å². The molecule has 0 aliphatic heterocycles. The van der Waals surface area contributed by atoms with Crippen LogP contribution in [0.2, 0.25) is 0 Å². The molecule has 6 heteroatoms. The Labute approximate surface area is 130 Å². The minimum Gasteiger partial charge on any atom is -0.495 e. The van der Waals surface area contributed by atoms with E-state index in [1.165, 1.54) is 14.2 Å². The van der Waals surface area contributed by atoms with Gasteiger partial charge in [0.15, 0.2) is 0 Å². The maximum atomic E-state index is 12.7. The van der Waals surface area contributed by atoms with Crippen LogP contribution in [0, 0.1) is 13.8 Å². The van der Waals surface area contributed by atoms with Crippen LogP contribution in [-0.4, -0.2) is 22.6 Å². The number of benzene rings is 2. The van der Waals surface area contributed by atoms with Gasteiger partial charge < -0.3 is 9.47 Å². The highest BCUT2D eigenvalue weighted by atomic mass is 32.2. The average molecular weight is 321 g/mol. The SMILES string of the molecule is COc1ccccc1NS(=O)(=O)c1c(C)cc(C)cc1OC. The van der Waals surface area contributed by atoms with Gasteiger partial charge >= 0.3 is 0 Å². The summed E-state index contributed by atoms with van der Waals surface area (Å²) in [6.07, 6.45) is 0. The fraction of sp³-hybridized carbons (Fsp3) is 0.250. The van der Waals surface area contributed by atoms with Crippen molar-refractivity contribution in [1.29, 1.82) is 0 Å². The van der Waals surface area contributed by atoms with E-state index in [0.717, 1.165) is 5.56 Å². The van der Waals surface area contributed by atoms with Crippen LogP contribution >= 0.6 is 0 Å². The summed E-state index contributed by atoms with van der Waals surface area (Å²) in [6.45, 7) is 3.63. The summed E-state index contributed by atoms with van der Waals surface area (Å²) in [4.78, 5) is 0.131. The Hall–Kier alpha value is -2.21. The number of para-hydroxylation sites is 2. The lowest BCUT2D eigenvalue weighted by molar-refractivity contribution is 0.401. The molecule has 0 spiro atoms. The van der Waals surface area contributed by atoms with Crippen LogP contribution in [0.1, 0.15) is 11.1 Å². The predicted octanol–water partition coefficient (Wildman–Crippen LogP) is 3.12. The summed E-state index contributed by atoms with van der Waals surface area (Å²) in [5.74, 6) is 0.773. The van der Waals surface area contributed by atoms with E-state index >= 15 is 0 Å². The van der Waals surface area contributed by atoms with Gasteiger partial charge in [0.25, 0.3) is 10.0 Å². The molecule has 1 N–H and O–H groups in total. The highest BCUT2D eigenvalue weighted by Crippen LogP contribution is 2.32. The molecule has 0 aliphatic rings. The van der Waals surface area contributed by atoms with Gasteiger partial charge in [0, 0.05) is 0 Å². The van der Waals surface area contributed by atoms with Crippen molar-refractivity contribution in [3.63, 3.8) is 0 Å². The zero-order valence-electron chi connectivity index (χ0n) is 13.0. The first-order chi connectivity index (χ1) is 10.4. The van der Waals surface area contributed by atoms with Crippen molar-refractivity contribution in [3.8, 4) is 11.5 Å². The summed E-state index contributed by atoms with van der Waals surface area (Å²) in [7, 11) is -0.845. The fourth-order valence-corrected chi connectivity index (χ4v) is 3.79.